The monoisotopic (exact) mass is 498 g/mol. The summed E-state index contributed by atoms with van der Waals surface area (Å²) < 4.78 is 13.9. The van der Waals surface area contributed by atoms with E-state index in [0.717, 1.165) is 12.2 Å². The number of benzene rings is 2. The summed E-state index contributed by atoms with van der Waals surface area (Å²) >= 11 is 1.85. The fraction of sp³-hybridized carbons (Fsp3) is 0.481. The number of esters is 1. The van der Waals surface area contributed by atoms with Crippen molar-refractivity contribution in [1.29, 1.82) is 0 Å². The van der Waals surface area contributed by atoms with Crippen LogP contribution in [0.15, 0.2) is 59.9 Å². The Morgan fingerprint density at radius 3 is 2.53 bits per heavy atom. The van der Waals surface area contributed by atoms with Crippen LogP contribution in [0.5, 0.6) is 0 Å². The van der Waals surface area contributed by atoms with Gasteiger partial charge < -0.3 is 13.7 Å². The Morgan fingerprint density at radius 2 is 1.85 bits per heavy atom. The lowest BCUT2D eigenvalue weighted by Crippen LogP contribution is -2.45. The van der Waals surface area contributed by atoms with Gasteiger partial charge in [-0.15, -0.1) is 11.8 Å². The maximum atomic E-state index is 12.2. The largest absolute Gasteiger partial charge is 0.461 e. The van der Waals surface area contributed by atoms with Crippen molar-refractivity contribution in [1.82, 2.24) is 9.55 Å². The third-order valence-corrected chi connectivity index (χ3v) is 12.3. The first kappa shape index (κ1) is 26.5. The summed E-state index contributed by atoms with van der Waals surface area (Å²) in [5.74, 6) is 0.546. The number of carbonyl (C=O) groups excluding carboxylic acids is 1. The quantitative estimate of drug-likeness (QED) is 0.166. The van der Waals surface area contributed by atoms with Gasteiger partial charge >= 0.3 is 5.97 Å². The first-order chi connectivity index (χ1) is 16.0. The highest BCUT2D eigenvalue weighted by Gasteiger charge is 2.40. The topological polar surface area (TPSA) is 53.4 Å². The van der Waals surface area contributed by atoms with Gasteiger partial charge in [0.2, 0.25) is 0 Å². The van der Waals surface area contributed by atoms with Crippen LogP contribution >= 0.6 is 11.8 Å². The summed E-state index contributed by atoms with van der Waals surface area (Å²) in [6.07, 6.45) is 4.42. The van der Waals surface area contributed by atoms with Crippen LogP contribution in [0.4, 0.5) is 0 Å². The molecule has 0 radical (unpaired) electrons. The highest BCUT2D eigenvalue weighted by molar-refractivity contribution is 7.99. The third-order valence-electron chi connectivity index (χ3n) is 6.70. The minimum absolute atomic E-state index is 0.0117. The van der Waals surface area contributed by atoms with Crippen molar-refractivity contribution in [2.24, 2.45) is 0 Å². The van der Waals surface area contributed by atoms with E-state index in [9.17, 15) is 4.79 Å². The van der Waals surface area contributed by atoms with E-state index in [1.807, 2.05) is 16.3 Å². The molecular formula is C27H38N2O3SSi. The van der Waals surface area contributed by atoms with Crippen molar-refractivity contribution in [2.75, 3.05) is 12.4 Å². The van der Waals surface area contributed by atoms with E-state index < -0.39 is 8.32 Å². The minimum atomic E-state index is -1.96. The number of imidazole rings is 1. The van der Waals surface area contributed by atoms with Crippen molar-refractivity contribution < 1.29 is 14.0 Å². The molecule has 184 valence electrons. The van der Waals surface area contributed by atoms with Gasteiger partial charge in [-0.3, -0.25) is 0 Å². The normalized spacial score (nSPS) is 14.2. The lowest BCUT2D eigenvalue weighted by atomic mass is 10.1. The van der Waals surface area contributed by atoms with Crippen LogP contribution < -0.4 is 0 Å². The summed E-state index contributed by atoms with van der Waals surface area (Å²) in [6.45, 7) is 15.6. The average Bonchev–Trinajstić information content (AvgIpc) is 3.25. The molecule has 34 heavy (non-hydrogen) atoms. The van der Waals surface area contributed by atoms with E-state index in [1.54, 1.807) is 19.4 Å². The molecule has 0 bridgehead atoms. The summed E-state index contributed by atoms with van der Waals surface area (Å²) in [7, 11) is -1.96. The SMILES string of the molecule is CCOC(=O)c1cn(C(CCSc2ccc3ccccc3c2)C(C)O[Si](C)(C)C(C)(C)C)cn1. The van der Waals surface area contributed by atoms with Gasteiger partial charge in [0, 0.05) is 16.8 Å². The standard InChI is InChI=1S/C27H38N2O3SSi/c1-8-31-26(30)24-18-29(19-28-24)25(20(2)32-34(6,7)27(3,4)5)15-16-33-23-14-13-21-11-9-10-12-22(21)17-23/h9-14,17-20,25H,8,15-16H2,1-7H3. The fourth-order valence-corrected chi connectivity index (χ4v) is 6.14. The Labute approximate surface area is 209 Å². The molecule has 2 atom stereocenters. The Kier molecular flexibility index (Phi) is 8.65. The lowest BCUT2D eigenvalue weighted by molar-refractivity contribution is 0.0519. The van der Waals surface area contributed by atoms with E-state index in [4.69, 9.17) is 9.16 Å². The van der Waals surface area contributed by atoms with Crippen molar-refractivity contribution in [2.45, 2.75) is 76.2 Å². The number of thioether (sulfide) groups is 1. The molecule has 0 aliphatic rings. The molecule has 3 rings (SSSR count). The van der Waals surface area contributed by atoms with E-state index in [-0.39, 0.29) is 23.2 Å². The molecule has 1 heterocycles. The molecule has 7 heteroatoms. The zero-order chi connectivity index (χ0) is 24.9. The number of hydrogen-bond acceptors (Lipinski definition) is 5. The summed E-state index contributed by atoms with van der Waals surface area (Å²) in [4.78, 5) is 17.8. The summed E-state index contributed by atoms with van der Waals surface area (Å²) in [5, 5.41) is 2.63. The zero-order valence-electron chi connectivity index (χ0n) is 21.5. The molecule has 2 unspecified atom stereocenters. The van der Waals surface area contributed by atoms with E-state index in [2.05, 4.69) is 88.2 Å². The molecule has 5 nitrogen and oxygen atoms in total. The number of fused-ring (bicyclic) bond motifs is 1. The number of nitrogens with zero attached hydrogens (tertiary/aromatic N) is 2. The molecule has 0 amide bonds. The second kappa shape index (κ2) is 11.1. The molecule has 1 aromatic heterocycles. The van der Waals surface area contributed by atoms with E-state index in [1.165, 1.54) is 15.7 Å². The predicted molar refractivity (Wildman–Crippen MR) is 144 cm³/mol. The van der Waals surface area contributed by atoms with Crippen LogP contribution in [0.1, 0.15) is 57.6 Å². The van der Waals surface area contributed by atoms with Crippen LogP contribution in [-0.4, -0.2) is 42.3 Å². The highest BCUT2D eigenvalue weighted by atomic mass is 32.2. The maximum Gasteiger partial charge on any atom is 0.358 e. The van der Waals surface area contributed by atoms with Gasteiger partial charge in [0.1, 0.15) is 0 Å². The number of aromatic nitrogens is 2. The first-order valence-electron chi connectivity index (χ1n) is 12.0. The molecule has 0 saturated heterocycles. The van der Waals surface area contributed by atoms with Crippen LogP contribution in [-0.2, 0) is 9.16 Å². The van der Waals surface area contributed by atoms with Crippen LogP contribution in [0.2, 0.25) is 18.1 Å². The fourth-order valence-electron chi connectivity index (χ4n) is 3.73. The number of hydrogen-bond donors (Lipinski definition) is 0. The van der Waals surface area contributed by atoms with Crippen LogP contribution in [0.25, 0.3) is 10.8 Å². The van der Waals surface area contributed by atoms with Gasteiger partial charge in [0.05, 0.1) is 25.1 Å². The van der Waals surface area contributed by atoms with Gasteiger partial charge in [-0.2, -0.15) is 0 Å². The predicted octanol–water partition coefficient (Wildman–Crippen LogP) is 7.35. The number of rotatable bonds is 10. The van der Waals surface area contributed by atoms with Crippen molar-refractivity contribution in [3.63, 3.8) is 0 Å². The second-order valence-electron chi connectivity index (χ2n) is 10.2. The Morgan fingerprint density at radius 1 is 1.15 bits per heavy atom. The summed E-state index contributed by atoms with van der Waals surface area (Å²) in [6, 6.07) is 15.1. The molecule has 0 saturated carbocycles. The molecule has 0 N–H and O–H groups in total. The number of carbonyl (C=O) groups is 1. The van der Waals surface area contributed by atoms with Gasteiger partial charge in [0.25, 0.3) is 0 Å². The molecular weight excluding hydrogens is 460 g/mol. The molecule has 2 aromatic carbocycles. The Bertz CT molecular complexity index is 1110. The van der Waals surface area contributed by atoms with Gasteiger partial charge in [0.15, 0.2) is 14.0 Å². The van der Waals surface area contributed by atoms with Crippen LogP contribution in [0.3, 0.4) is 0 Å². The zero-order valence-corrected chi connectivity index (χ0v) is 23.3. The van der Waals surface area contributed by atoms with Crippen molar-refractivity contribution in [3.8, 4) is 0 Å². The van der Waals surface area contributed by atoms with Crippen molar-refractivity contribution in [3.05, 3.63) is 60.7 Å². The molecule has 0 fully saturated rings. The second-order valence-corrected chi connectivity index (χ2v) is 16.1. The smallest absolute Gasteiger partial charge is 0.358 e. The Hall–Kier alpha value is -2.09. The average molecular weight is 499 g/mol. The minimum Gasteiger partial charge on any atom is -0.461 e. The molecule has 0 aliphatic carbocycles. The maximum absolute atomic E-state index is 12.2. The molecule has 0 aliphatic heterocycles. The first-order valence-corrected chi connectivity index (χ1v) is 15.9. The van der Waals surface area contributed by atoms with Gasteiger partial charge in [-0.25, -0.2) is 9.78 Å². The number of ether oxygens (including phenoxy) is 1. The molecule has 0 spiro atoms. The van der Waals surface area contributed by atoms with Crippen molar-refractivity contribution >= 4 is 36.8 Å². The molecule has 3 aromatic rings. The highest BCUT2D eigenvalue weighted by Crippen LogP contribution is 2.39. The summed E-state index contributed by atoms with van der Waals surface area (Å²) in [5.41, 5.74) is 0.341. The third kappa shape index (κ3) is 6.52. The van der Waals surface area contributed by atoms with Gasteiger partial charge in [-0.05, 0) is 61.3 Å². The lowest BCUT2D eigenvalue weighted by Gasteiger charge is -2.40. The van der Waals surface area contributed by atoms with Gasteiger partial charge in [-0.1, -0.05) is 51.1 Å². The van der Waals surface area contributed by atoms with E-state index >= 15 is 0 Å². The van der Waals surface area contributed by atoms with Crippen LogP contribution in [0, 0.1) is 0 Å². The van der Waals surface area contributed by atoms with E-state index in [0.29, 0.717) is 12.3 Å². The Balaban J connectivity index is 1.77.